The number of nitrogens with zero attached hydrogens (tertiary/aromatic N) is 5. The molecule has 2 aromatic carbocycles. The van der Waals surface area contributed by atoms with E-state index in [9.17, 15) is 19.7 Å². The second-order valence-electron chi connectivity index (χ2n) is 15.0. The SMILES string of the molecule is COc1cc(N2CC3CC(C)(NC(=O)OC(C)(C)C)CC3C2)c([N+](=O)[O-])cc1Nc1ncc(C(=O)OC(C)C)c(-c2cn(C)c3ccccc23)n1. The Labute approximate surface area is 296 Å². The molecule has 0 radical (unpaired) electrons. The van der Waals surface area contributed by atoms with Crippen LogP contribution in [0, 0.1) is 22.0 Å². The number of esters is 1. The third-order valence-electron chi connectivity index (χ3n) is 9.39. The van der Waals surface area contributed by atoms with Gasteiger partial charge in [0.1, 0.15) is 22.6 Å². The molecule has 1 saturated heterocycles. The van der Waals surface area contributed by atoms with Crippen molar-refractivity contribution in [3.05, 3.63) is 64.5 Å². The average Bonchev–Trinajstić information content (AvgIpc) is 3.68. The zero-order valence-electron chi connectivity index (χ0n) is 30.3. The maximum atomic E-state index is 13.2. The second kappa shape index (κ2) is 13.4. The predicted octanol–water partition coefficient (Wildman–Crippen LogP) is 6.99. The first-order valence-corrected chi connectivity index (χ1v) is 17.1. The van der Waals surface area contributed by atoms with Gasteiger partial charge in [-0.2, -0.15) is 0 Å². The van der Waals surface area contributed by atoms with Crippen molar-refractivity contribution in [3.8, 4) is 17.0 Å². The van der Waals surface area contributed by atoms with Gasteiger partial charge in [-0.3, -0.25) is 10.1 Å². The number of carbonyl (C=O) groups excluding carboxylic acids is 2. The van der Waals surface area contributed by atoms with Crippen molar-refractivity contribution < 1.29 is 28.7 Å². The van der Waals surface area contributed by atoms with Crippen LogP contribution < -0.4 is 20.3 Å². The summed E-state index contributed by atoms with van der Waals surface area (Å²) in [7, 11) is 3.41. The fourth-order valence-electron chi connectivity index (χ4n) is 7.44. The van der Waals surface area contributed by atoms with E-state index < -0.39 is 28.1 Å². The number of amides is 1. The number of ether oxygens (including phenoxy) is 3. The summed E-state index contributed by atoms with van der Waals surface area (Å²) in [6.07, 6.45) is 3.96. The average molecular weight is 700 g/mol. The van der Waals surface area contributed by atoms with E-state index in [0.717, 1.165) is 23.7 Å². The minimum absolute atomic E-state index is 0.0978. The Balaban J connectivity index is 1.29. The maximum absolute atomic E-state index is 13.2. The number of hydrogen-bond donors (Lipinski definition) is 2. The number of para-hydroxylation sites is 1. The Morgan fingerprint density at radius 3 is 2.43 bits per heavy atom. The molecule has 270 valence electrons. The Morgan fingerprint density at radius 2 is 1.80 bits per heavy atom. The Kier molecular flexibility index (Phi) is 9.29. The molecule has 51 heavy (non-hydrogen) atoms. The molecule has 0 spiro atoms. The molecule has 1 aliphatic heterocycles. The number of anilines is 3. The molecule has 3 heterocycles. The third-order valence-corrected chi connectivity index (χ3v) is 9.39. The van der Waals surface area contributed by atoms with Gasteiger partial charge in [0, 0.05) is 66.7 Å². The molecule has 2 N–H and O–H groups in total. The fourth-order valence-corrected chi connectivity index (χ4v) is 7.44. The van der Waals surface area contributed by atoms with Crippen LogP contribution in [-0.2, 0) is 16.5 Å². The van der Waals surface area contributed by atoms with Crippen molar-refractivity contribution in [1.82, 2.24) is 19.9 Å². The lowest BCUT2D eigenvalue weighted by Crippen LogP contribution is -2.47. The highest BCUT2D eigenvalue weighted by Gasteiger charge is 2.48. The monoisotopic (exact) mass is 699 g/mol. The number of aryl methyl sites for hydroxylation is 1. The molecule has 14 nitrogen and oxygen atoms in total. The topological polar surface area (TPSA) is 163 Å². The number of alkyl carbamates (subject to hydrolysis) is 1. The van der Waals surface area contributed by atoms with E-state index in [0.29, 0.717) is 41.5 Å². The van der Waals surface area contributed by atoms with Gasteiger partial charge < -0.3 is 34.3 Å². The Bertz CT molecular complexity index is 1990. The highest BCUT2D eigenvalue weighted by molar-refractivity contribution is 6.03. The van der Waals surface area contributed by atoms with Crippen LogP contribution in [0.2, 0.25) is 0 Å². The Morgan fingerprint density at radius 1 is 1.12 bits per heavy atom. The summed E-state index contributed by atoms with van der Waals surface area (Å²) in [5, 5.41) is 19.6. The van der Waals surface area contributed by atoms with E-state index >= 15 is 0 Å². The zero-order valence-corrected chi connectivity index (χ0v) is 30.3. The van der Waals surface area contributed by atoms with Crippen molar-refractivity contribution in [1.29, 1.82) is 0 Å². The van der Waals surface area contributed by atoms with E-state index in [-0.39, 0.29) is 35.1 Å². The summed E-state index contributed by atoms with van der Waals surface area (Å²) in [6.45, 7) is 12.2. The lowest BCUT2D eigenvalue weighted by atomic mass is 9.98. The number of nitro groups is 1. The second-order valence-corrected chi connectivity index (χ2v) is 15.0. The van der Waals surface area contributed by atoms with Crippen LogP contribution in [-0.4, -0.2) is 69.0 Å². The van der Waals surface area contributed by atoms with Crippen LogP contribution in [0.1, 0.15) is 64.7 Å². The number of fused-ring (bicyclic) bond motifs is 2. The minimum Gasteiger partial charge on any atom is -0.494 e. The van der Waals surface area contributed by atoms with Crippen LogP contribution in [0.5, 0.6) is 5.75 Å². The molecule has 2 atom stereocenters. The molecule has 2 aliphatic rings. The van der Waals surface area contributed by atoms with E-state index in [1.165, 1.54) is 19.4 Å². The largest absolute Gasteiger partial charge is 0.494 e. The number of aromatic nitrogens is 3. The number of rotatable bonds is 9. The van der Waals surface area contributed by atoms with Gasteiger partial charge in [-0.1, -0.05) is 18.2 Å². The molecule has 1 saturated carbocycles. The summed E-state index contributed by atoms with van der Waals surface area (Å²) < 4.78 is 18.7. The Hall–Kier alpha value is -5.40. The summed E-state index contributed by atoms with van der Waals surface area (Å²) in [5.41, 5.74) is 1.83. The first-order chi connectivity index (χ1) is 24.0. The summed E-state index contributed by atoms with van der Waals surface area (Å²) in [6, 6.07) is 10.9. The minimum atomic E-state index is -0.596. The standard InChI is InChI=1S/C37H45N7O7/c1-21(2)50-33(45)25-17-38-34(40-32(25)26-20-42(7)28-12-10-9-11-24(26)28)39-27-13-30(44(47)48)29(14-31(27)49-8)43-18-22-15-37(6,16-23(22)19-43)41-35(46)51-36(3,4)5/h9-14,17,20-23H,15-16,18-19H2,1-8H3,(H,41,46)(H,38,39,40). The molecule has 2 aromatic heterocycles. The number of hydrogen-bond acceptors (Lipinski definition) is 11. The molecule has 14 heteroatoms. The van der Waals surface area contributed by atoms with Crippen LogP contribution >= 0.6 is 0 Å². The number of carbonyl (C=O) groups is 2. The quantitative estimate of drug-likeness (QED) is 0.105. The number of methoxy groups -OCH3 is 1. The van der Waals surface area contributed by atoms with E-state index in [1.54, 1.807) is 19.9 Å². The number of nitrogens with one attached hydrogen (secondary N) is 2. The van der Waals surface area contributed by atoms with Gasteiger partial charge in [-0.25, -0.2) is 19.6 Å². The molecule has 1 aliphatic carbocycles. The van der Waals surface area contributed by atoms with Crippen molar-refractivity contribution >= 4 is 46.0 Å². The van der Waals surface area contributed by atoms with E-state index in [2.05, 4.69) is 15.6 Å². The highest BCUT2D eigenvalue weighted by atomic mass is 16.6. The van der Waals surface area contributed by atoms with Gasteiger partial charge in [0.25, 0.3) is 5.69 Å². The van der Waals surface area contributed by atoms with Crippen molar-refractivity contribution in [3.63, 3.8) is 0 Å². The van der Waals surface area contributed by atoms with Crippen LogP contribution in [0.3, 0.4) is 0 Å². The molecule has 2 fully saturated rings. The first-order valence-electron chi connectivity index (χ1n) is 17.1. The third kappa shape index (κ3) is 7.40. The molecule has 1 amide bonds. The van der Waals surface area contributed by atoms with E-state index in [1.807, 2.05) is 74.7 Å². The van der Waals surface area contributed by atoms with Crippen molar-refractivity contribution in [2.45, 2.75) is 71.6 Å². The summed E-state index contributed by atoms with van der Waals surface area (Å²) in [5.74, 6) is 0.383. The van der Waals surface area contributed by atoms with Crippen LogP contribution in [0.4, 0.5) is 27.8 Å². The highest BCUT2D eigenvalue weighted by Crippen LogP contribution is 2.48. The molecule has 2 unspecified atom stereocenters. The van der Waals surface area contributed by atoms with Gasteiger partial charge in [-0.05, 0) is 72.3 Å². The van der Waals surface area contributed by atoms with Gasteiger partial charge >= 0.3 is 12.1 Å². The summed E-state index contributed by atoms with van der Waals surface area (Å²) in [4.78, 5) is 49.0. The van der Waals surface area contributed by atoms with Gasteiger partial charge in [0.15, 0.2) is 0 Å². The zero-order chi connectivity index (χ0) is 36.8. The lowest BCUT2D eigenvalue weighted by molar-refractivity contribution is -0.384. The predicted molar refractivity (Wildman–Crippen MR) is 194 cm³/mol. The molecular weight excluding hydrogens is 654 g/mol. The van der Waals surface area contributed by atoms with Crippen molar-refractivity contribution in [2.75, 3.05) is 30.4 Å². The molecular formula is C37H45N7O7. The van der Waals surface area contributed by atoms with Gasteiger partial charge in [-0.15, -0.1) is 0 Å². The van der Waals surface area contributed by atoms with Gasteiger partial charge in [0.2, 0.25) is 5.95 Å². The molecule has 6 rings (SSSR count). The fraction of sp³-hybridized carbons (Fsp3) is 0.459. The number of nitro benzene ring substituents is 1. The van der Waals surface area contributed by atoms with E-state index in [4.69, 9.17) is 19.2 Å². The molecule has 4 aromatic rings. The summed E-state index contributed by atoms with van der Waals surface area (Å²) >= 11 is 0. The first kappa shape index (κ1) is 35.4. The van der Waals surface area contributed by atoms with Crippen LogP contribution in [0.15, 0.2) is 48.8 Å². The van der Waals surface area contributed by atoms with Crippen molar-refractivity contribution in [2.24, 2.45) is 18.9 Å². The van der Waals surface area contributed by atoms with Crippen LogP contribution in [0.25, 0.3) is 22.2 Å². The van der Waals surface area contributed by atoms with Gasteiger partial charge in [0.05, 0.1) is 29.5 Å². The number of benzene rings is 2. The lowest BCUT2D eigenvalue weighted by Gasteiger charge is -2.30. The smallest absolute Gasteiger partial charge is 0.408 e. The maximum Gasteiger partial charge on any atom is 0.408 e. The normalized spacial score (nSPS) is 20.0. The molecule has 0 bridgehead atoms.